The topological polar surface area (TPSA) is 90.4 Å². The highest BCUT2D eigenvalue weighted by molar-refractivity contribution is 6.03. The summed E-state index contributed by atoms with van der Waals surface area (Å²) in [6.07, 6.45) is 4.58. The Morgan fingerprint density at radius 3 is 2.20 bits per heavy atom. The van der Waals surface area contributed by atoms with E-state index in [9.17, 15) is 14.7 Å². The number of anilines is 1. The quantitative estimate of drug-likeness (QED) is 0.313. The minimum absolute atomic E-state index is 0.0748. The van der Waals surface area contributed by atoms with Crippen LogP contribution in [0.1, 0.15) is 75.2 Å². The molecule has 7 atom stereocenters. The molecule has 1 aromatic carbocycles. The minimum Gasteiger partial charge on any atom is -0.394 e. The molecule has 0 aromatic heterocycles. The predicted octanol–water partition coefficient (Wildman–Crippen LogP) is 5.46. The van der Waals surface area contributed by atoms with Crippen LogP contribution >= 0.6 is 0 Å². The maximum absolute atomic E-state index is 15.2. The van der Waals surface area contributed by atoms with Gasteiger partial charge in [0, 0.05) is 24.3 Å². The van der Waals surface area contributed by atoms with E-state index in [2.05, 4.69) is 54.7 Å². The van der Waals surface area contributed by atoms with Crippen molar-refractivity contribution in [3.05, 3.63) is 55.6 Å². The standard InChI is InChI=1S/C37H55N3O5/c1-12-19-38(26-17-15-14-16-18-26)31(42)28-29-32(43)40(27(22-41)24(3)4)30(37(29)21-25(5)36(28,11)45-37)33(44)39(20-13-2)35(9,10)23-34(6,7)8/h12-18,24-25,27-30,41H,1-2,19-23H2,3-11H3/t25?,27-,28-,29-,30?,36+,37?/m0/s1. The Bertz CT molecular complexity index is 1300. The van der Waals surface area contributed by atoms with Crippen LogP contribution in [0, 0.1) is 29.1 Å². The number of aliphatic hydroxyl groups is 1. The van der Waals surface area contributed by atoms with Crippen LogP contribution in [-0.2, 0) is 19.1 Å². The molecule has 3 heterocycles. The molecule has 0 aliphatic carbocycles. The summed E-state index contributed by atoms with van der Waals surface area (Å²) in [5, 5.41) is 10.7. The van der Waals surface area contributed by atoms with Crippen molar-refractivity contribution in [3.8, 4) is 0 Å². The Hall–Kier alpha value is -2.97. The largest absolute Gasteiger partial charge is 0.394 e. The molecule has 0 saturated carbocycles. The normalized spacial score (nSPS) is 29.9. The fraction of sp³-hybridized carbons (Fsp3) is 0.649. The third-order valence-corrected chi connectivity index (χ3v) is 10.5. The second-order valence-corrected chi connectivity index (χ2v) is 15.8. The van der Waals surface area contributed by atoms with Gasteiger partial charge >= 0.3 is 0 Å². The molecule has 45 heavy (non-hydrogen) atoms. The van der Waals surface area contributed by atoms with E-state index < -0.39 is 40.7 Å². The maximum Gasteiger partial charge on any atom is 0.249 e. The predicted molar refractivity (Wildman–Crippen MR) is 178 cm³/mol. The van der Waals surface area contributed by atoms with Gasteiger partial charge in [-0.3, -0.25) is 14.4 Å². The summed E-state index contributed by atoms with van der Waals surface area (Å²) in [6, 6.07) is 7.77. The number of rotatable bonds is 12. The molecule has 1 spiro atoms. The van der Waals surface area contributed by atoms with Crippen molar-refractivity contribution in [3.63, 3.8) is 0 Å². The van der Waals surface area contributed by atoms with Crippen LogP contribution in [0.25, 0.3) is 0 Å². The van der Waals surface area contributed by atoms with Crippen LogP contribution in [-0.4, -0.2) is 81.1 Å². The number of hydrogen-bond donors (Lipinski definition) is 1. The van der Waals surface area contributed by atoms with E-state index in [1.54, 1.807) is 22.0 Å². The second kappa shape index (κ2) is 12.3. The first-order valence-electron chi connectivity index (χ1n) is 16.4. The molecule has 3 aliphatic rings. The molecule has 8 heteroatoms. The summed E-state index contributed by atoms with van der Waals surface area (Å²) in [4.78, 5) is 49.9. The van der Waals surface area contributed by atoms with Crippen molar-refractivity contribution >= 4 is 23.4 Å². The molecule has 3 saturated heterocycles. The Morgan fingerprint density at radius 1 is 1.09 bits per heavy atom. The van der Waals surface area contributed by atoms with Crippen molar-refractivity contribution in [2.24, 2.45) is 29.1 Å². The van der Waals surface area contributed by atoms with Gasteiger partial charge in [-0.1, -0.05) is 71.9 Å². The number of aliphatic hydroxyl groups excluding tert-OH is 1. The first-order valence-corrected chi connectivity index (χ1v) is 16.4. The average Bonchev–Trinajstić information content (AvgIpc) is 3.45. The highest BCUT2D eigenvalue weighted by Gasteiger charge is 2.81. The molecule has 8 nitrogen and oxygen atoms in total. The van der Waals surface area contributed by atoms with Crippen LogP contribution in [0.4, 0.5) is 5.69 Å². The van der Waals surface area contributed by atoms with Gasteiger partial charge in [0.2, 0.25) is 17.7 Å². The van der Waals surface area contributed by atoms with Gasteiger partial charge in [0.25, 0.3) is 0 Å². The molecular weight excluding hydrogens is 566 g/mol. The van der Waals surface area contributed by atoms with Crippen LogP contribution in [0.5, 0.6) is 0 Å². The molecule has 3 aliphatic heterocycles. The number of ether oxygens (including phenoxy) is 1. The zero-order valence-electron chi connectivity index (χ0n) is 28.9. The van der Waals surface area contributed by atoms with Crippen molar-refractivity contribution in [2.75, 3.05) is 24.6 Å². The molecular formula is C37H55N3O5. The summed E-state index contributed by atoms with van der Waals surface area (Å²) in [7, 11) is 0. The number of hydrogen-bond acceptors (Lipinski definition) is 5. The second-order valence-electron chi connectivity index (χ2n) is 15.8. The van der Waals surface area contributed by atoms with Gasteiger partial charge in [0.1, 0.15) is 11.6 Å². The summed E-state index contributed by atoms with van der Waals surface area (Å²) < 4.78 is 7.04. The lowest BCUT2D eigenvalue weighted by molar-refractivity contribution is -0.160. The monoisotopic (exact) mass is 621 g/mol. The average molecular weight is 622 g/mol. The Morgan fingerprint density at radius 2 is 1.69 bits per heavy atom. The molecule has 3 fully saturated rings. The molecule has 1 aromatic rings. The lowest BCUT2D eigenvalue weighted by Gasteiger charge is -2.47. The molecule has 0 radical (unpaired) electrons. The number of benzene rings is 1. The fourth-order valence-corrected chi connectivity index (χ4v) is 8.84. The van der Waals surface area contributed by atoms with Gasteiger partial charge in [-0.15, -0.1) is 13.2 Å². The van der Waals surface area contributed by atoms with Gasteiger partial charge < -0.3 is 24.5 Å². The molecule has 3 amide bonds. The first-order chi connectivity index (χ1) is 20.9. The SMILES string of the molecule is C=CCN(C(=O)[C@@H]1[C@H]2C(=O)N([C@@H](CO)C(C)C)C(C(=O)N(CC=C)C(C)(C)CC(C)(C)C)C23CC(C)[C@@]1(C)O3)c1ccccc1. The third kappa shape index (κ3) is 5.78. The van der Waals surface area contributed by atoms with E-state index in [0.29, 0.717) is 25.1 Å². The van der Waals surface area contributed by atoms with Gasteiger partial charge in [-0.25, -0.2) is 0 Å². The Kier molecular flexibility index (Phi) is 9.56. The van der Waals surface area contributed by atoms with E-state index >= 15 is 4.79 Å². The van der Waals surface area contributed by atoms with Crippen molar-refractivity contribution in [1.29, 1.82) is 0 Å². The molecule has 1 N–H and O–H groups in total. The number of fused-ring (bicyclic) bond motifs is 1. The zero-order chi connectivity index (χ0) is 33.7. The first kappa shape index (κ1) is 34.9. The van der Waals surface area contributed by atoms with Gasteiger partial charge in [-0.05, 0) is 63.0 Å². The maximum atomic E-state index is 15.2. The highest BCUT2D eigenvalue weighted by Crippen LogP contribution is 2.66. The number of carbonyl (C=O) groups is 3. The zero-order valence-corrected chi connectivity index (χ0v) is 28.9. The van der Waals surface area contributed by atoms with Gasteiger partial charge in [0.05, 0.1) is 30.1 Å². The lowest BCUT2D eigenvalue weighted by atomic mass is 9.62. The highest BCUT2D eigenvalue weighted by atomic mass is 16.5. The molecule has 4 rings (SSSR count). The minimum atomic E-state index is -1.22. The number of para-hydroxylation sites is 1. The fourth-order valence-electron chi connectivity index (χ4n) is 8.84. The Balaban J connectivity index is 1.91. The van der Waals surface area contributed by atoms with Crippen molar-refractivity contribution in [1.82, 2.24) is 9.80 Å². The summed E-state index contributed by atoms with van der Waals surface area (Å²) >= 11 is 0. The van der Waals surface area contributed by atoms with Gasteiger partial charge in [-0.2, -0.15) is 0 Å². The molecule has 3 unspecified atom stereocenters. The molecule has 248 valence electrons. The lowest BCUT2D eigenvalue weighted by Crippen LogP contribution is -2.63. The summed E-state index contributed by atoms with van der Waals surface area (Å²) in [6.45, 7) is 26.5. The summed E-state index contributed by atoms with van der Waals surface area (Å²) in [5.74, 6) is -2.68. The number of amides is 3. The number of likely N-dealkylation sites (tertiary alicyclic amines) is 1. The van der Waals surface area contributed by atoms with Crippen molar-refractivity contribution in [2.45, 2.75) is 104 Å². The van der Waals surface area contributed by atoms with E-state index in [-0.39, 0.29) is 48.1 Å². The van der Waals surface area contributed by atoms with Crippen molar-refractivity contribution < 1.29 is 24.2 Å². The van der Waals surface area contributed by atoms with Gasteiger partial charge in [0.15, 0.2) is 0 Å². The molecule has 2 bridgehead atoms. The third-order valence-electron chi connectivity index (χ3n) is 10.5. The van der Waals surface area contributed by atoms with E-state index in [1.165, 1.54) is 0 Å². The summed E-state index contributed by atoms with van der Waals surface area (Å²) in [5.41, 5.74) is -2.13. The van der Waals surface area contributed by atoms with E-state index in [0.717, 1.165) is 0 Å². The Labute approximate surface area is 270 Å². The smallest absolute Gasteiger partial charge is 0.249 e. The van der Waals surface area contributed by atoms with Crippen LogP contribution in [0.15, 0.2) is 55.6 Å². The van der Waals surface area contributed by atoms with Crippen LogP contribution in [0.2, 0.25) is 0 Å². The number of nitrogens with zero attached hydrogens (tertiary/aromatic N) is 3. The van der Waals surface area contributed by atoms with Crippen LogP contribution in [0.3, 0.4) is 0 Å². The number of carbonyl (C=O) groups excluding carboxylic acids is 3. The van der Waals surface area contributed by atoms with E-state index in [1.807, 2.05) is 56.0 Å². The van der Waals surface area contributed by atoms with E-state index in [4.69, 9.17) is 4.74 Å². The van der Waals surface area contributed by atoms with Crippen LogP contribution < -0.4 is 4.90 Å².